The number of aryl methyl sites for hydroxylation is 2. The number of anilines is 1. The van der Waals surface area contributed by atoms with Gasteiger partial charge in [-0.15, -0.1) is 10.2 Å². The van der Waals surface area contributed by atoms with Crippen molar-refractivity contribution in [3.8, 4) is 11.4 Å². The van der Waals surface area contributed by atoms with Gasteiger partial charge >= 0.3 is 0 Å². The standard InChI is InChI=1S/C17H16N4S/c1-3-11-5-7-14-15(8-11)22-17-20-19-16(21(14)17)13-9-12(18)6-4-10(13)2/h4-9H,3,18H2,1-2H3. The van der Waals surface area contributed by atoms with Gasteiger partial charge in [0.05, 0.1) is 10.2 Å². The molecular formula is C17H16N4S. The topological polar surface area (TPSA) is 56.2 Å². The molecule has 2 aromatic heterocycles. The van der Waals surface area contributed by atoms with Crippen LogP contribution < -0.4 is 5.73 Å². The lowest BCUT2D eigenvalue weighted by molar-refractivity contribution is 1.11. The Bertz CT molecular complexity index is 997. The summed E-state index contributed by atoms with van der Waals surface area (Å²) in [5.74, 6) is 0.857. The monoisotopic (exact) mass is 308 g/mol. The highest BCUT2D eigenvalue weighted by Gasteiger charge is 2.15. The van der Waals surface area contributed by atoms with Crippen molar-refractivity contribution < 1.29 is 0 Å². The summed E-state index contributed by atoms with van der Waals surface area (Å²) in [5.41, 5.74) is 11.4. The minimum Gasteiger partial charge on any atom is -0.399 e. The lowest BCUT2D eigenvalue weighted by Crippen LogP contribution is -1.93. The molecular weight excluding hydrogens is 292 g/mol. The number of aromatic nitrogens is 3. The molecule has 0 unspecified atom stereocenters. The number of benzene rings is 2. The normalized spacial score (nSPS) is 11.5. The maximum Gasteiger partial charge on any atom is 0.217 e. The van der Waals surface area contributed by atoms with Crippen molar-refractivity contribution in [2.75, 3.05) is 5.73 Å². The van der Waals surface area contributed by atoms with E-state index in [-0.39, 0.29) is 0 Å². The average molecular weight is 308 g/mol. The van der Waals surface area contributed by atoms with Gasteiger partial charge in [-0.3, -0.25) is 4.40 Å². The first-order valence-electron chi connectivity index (χ1n) is 7.30. The second-order valence-electron chi connectivity index (χ2n) is 5.47. The second-order valence-corrected chi connectivity index (χ2v) is 6.48. The maximum atomic E-state index is 5.95. The Labute approximate surface area is 132 Å². The predicted octanol–water partition coefficient (Wildman–Crippen LogP) is 4.06. The summed E-state index contributed by atoms with van der Waals surface area (Å²) in [4.78, 5) is 0.917. The number of nitrogens with two attached hydrogens (primary N) is 1. The number of thiazole rings is 1. The first-order valence-corrected chi connectivity index (χ1v) is 8.12. The van der Waals surface area contributed by atoms with Crippen LogP contribution in [0.4, 0.5) is 5.69 Å². The van der Waals surface area contributed by atoms with E-state index in [1.807, 2.05) is 18.2 Å². The van der Waals surface area contributed by atoms with Crippen LogP contribution in [-0.4, -0.2) is 14.6 Å². The molecule has 4 nitrogen and oxygen atoms in total. The number of hydrogen-bond donors (Lipinski definition) is 1. The Morgan fingerprint density at radius 2 is 2.00 bits per heavy atom. The molecule has 5 heteroatoms. The molecule has 0 fully saturated rings. The Hall–Kier alpha value is -2.40. The third-order valence-electron chi connectivity index (χ3n) is 4.01. The lowest BCUT2D eigenvalue weighted by atomic mass is 10.1. The SMILES string of the molecule is CCc1ccc2c(c1)sc1nnc(-c3cc(N)ccc3C)n12. The van der Waals surface area contributed by atoms with Crippen molar-refractivity contribution in [1.82, 2.24) is 14.6 Å². The molecule has 0 aliphatic rings. The summed E-state index contributed by atoms with van der Waals surface area (Å²) in [6, 6.07) is 12.5. The fourth-order valence-electron chi connectivity index (χ4n) is 2.75. The molecule has 2 N–H and O–H groups in total. The van der Waals surface area contributed by atoms with Crippen LogP contribution in [0.2, 0.25) is 0 Å². The molecule has 0 saturated heterocycles. The van der Waals surface area contributed by atoms with Crippen LogP contribution in [0.1, 0.15) is 18.1 Å². The van der Waals surface area contributed by atoms with Gasteiger partial charge in [-0.1, -0.05) is 30.4 Å². The van der Waals surface area contributed by atoms with E-state index < -0.39 is 0 Å². The molecule has 0 bridgehead atoms. The van der Waals surface area contributed by atoms with Crippen molar-refractivity contribution in [2.45, 2.75) is 20.3 Å². The van der Waals surface area contributed by atoms with Crippen LogP contribution in [0, 0.1) is 6.92 Å². The smallest absolute Gasteiger partial charge is 0.217 e. The quantitative estimate of drug-likeness (QED) is 0.568. The molecule has 2 heterocycles. The van der Waals surface area contributed by atoms with E-state index in [1.165, 1.54) is 10.3 Å². The van der Waals surface area contributed by atoms with Crippen LogP contribution in [0.15, 0.2) is 36.4 Å². The van der Waals surface area contributed by atoms with Gasteiger partial charge in [-0.2, -0.15) is 0 Å². The zero-order valence-corrected chi connectivity index (χ0v) is 13.3. The lowest BCUT2D eigenvalue weighted by Gasteiger charge is -2.05. The van der Waals surface area contributed by atoms with Gasteiger partial charge in [0.1, 0.15) is 0 Å². The summed E-state index contributed by atoms with van der Waals surface area (Å²) in [5, 5.41) is 8.74. The van der Waals surface area contributed by atoms with Crippen LogP contribution in [0.5, 0.6) is 0 Å². The molecule has 0 amide bonds. The molecule has 4 aromatic rings. The van der Waals surface area contributed by atoms with E-state index >= 15 is 0 Å². The molecule has 0 radical (unpaired) electrons. The average Bonchev–Trinajstić information content (AvgIpc) is 3.07. The second kappa shape index (κ2) is 4.81. The number of hydrogen-bond acceptors (Lipinski definition) is 4. The highest BCUT2D eigenvalue weighted by atomic mass is 32.1. The van der Waals surface area contributed by atoms with Gasteiger partial charge in [0.2, 0.25) is 4.96 Å². The molecule has 0 saturated carbocycles. The van der Waals surface area contributed by atoms with E-state index in [1.54, 1.807) is 11.3 Å². The third-order valence-corrected chi connectivity index (χ3v) is 5.00. The summed E-state index contributed by atoms with van der Waals surface area (Å²) in [6.07, 6.45) is 1.04. The molecule has 22 heavy (non-hydrogen) atoms. The highest BCUT2D eigenvalue weighted by molar-refractivity contribution is 7.23. The van der Waals surface area contributed by atoms with E-state index in [0.29, 0.717) is 0 Å². The van der Waals surface area contributed by atoms with Crippen molar-refractivity contribution in [3.05, 3.63) is 47.5 Å². The zero-order valence-electron chi connectivity index (χ0n) is 12.5. The van der Waals surface area contributed by atoms with Gasteiger partial charge < -0.3 is 5.73 Å². The van der Waals surface area contributed by atoms with E-state index in [9.17, 15) is 0 Å². The zero-order chi connectivity index (χ0) is 15.3. The third kappa shape index (κ3) is 1.89. The number of nitrogens with zero attached hydrogens (tertiary/aromatic N) is 3. The Morgan fingerprint density at radius 1 is 1.14 bits per heavy atom. The number of fused-ring (bicyclic) bond motifs is 3. The molecule has 110 valence electrons. The van der Waals surface area contributed by atoms with Gasteiger partial charge in [-0.25, -0.2) is 0 Å². The summed E-state index contributed by atoms with van der Waals surface area (Å²) in [7, 11) is 0. The Kier molecular flexibility index (Phi) is 2.90. The first-order chi connectivity index (χ1) is 10.7. The highest BCUT2D eigenvalue weighted by Crippen LogP contribution is 2.32. The van der Waals surface area contributed by atoms with Crippen LogP contribution in [0.25, 0.3) is 26.6 Å². The van der Waals surface area contributed by atoms with Crippen molar-refractivity contribution in [2.24, 2.45) is 0 Å². The minimum absolute atomic E-state index is 0.741. The van der Waals surface area contributed by atoms with E-state index in [4.69, 9.17) is 5.73 Å². The van der Waals surface area contributed by atoms with Crippen molar-refractivity contribution >= 4 is 32.2 Å². The predicted molar refractivity (Wildman–Crippen MR) is 92.3 cm³/mol. The molecule has 0 spiro atoms. The summed E-state index contributed by atoms with van der Waals surface area (Å²) >= 11 is 1.67. The summed E-state index contributed by atoms with van der Waals surface area (Å²) in [6.45, 7) is 4.24. The van der Waals surface area contributed by atoms with E-state index in [2.05, 4.69) is 46.6 Å². The number of rotatable bonds is 2. The van der Waals surface area contributed by atoms with Crippen molar-refractivity contribution in [1.29, 1.82) is 0 Å². The van der Waals surface area contributed by atoms with Gasteiger partial charge in [0.15, 0.2) is 5.82 Å². The summed E-state index contributed by atoms with van der Waals surface area (Å²) < 4.78 is 3.37. The molecule has 0 atom stereocenters. The largest absolute Gasteiger partial charge is 0.399 e. The molecule has 2 aromatic carbocycles. The first kappa shape index (κ1) is 13.3. The van der Waals surface area contributed by atoms with Gasteiger partial charge in [0, 0.05) is 11.3 Å². The van der Waals surface area contributed by atoms with Crippen molar-refractivity contribution in [3.63, 3.8) is 0 Å². The fourth-order valence-corrected chi connectivity index (χ4v) is 3.78. The van der Waals surface area contributed by atoms with Crippen LogP contribution in [-0.2, 0) is 6.42 Å². The molecule has 0 aliphatic heterocycles. The Balaban J connectivity index is 2.04. The number of nitrogen functional groups attached to an aromatic ring is 1. The fraction of sp³-hybridized carbons (Fsp3) is 0.176. The molecule has 4 rings (SSSR count). The maximum absolute atomic E-state index is 5.95. The van der Waals surface area contributed by atoms with Gasteiger partial charge in [0.25, 0.3) is 0 Å². The van der Waals surface area contributed by atoms with E-state index in [0.717, 1.165) is 39.5 Å². The van der Waals surface area contributed by atoms with Crippen LogP contribution >= 0.6 is 11.3 Å². The van der Waals surface area contributed by atoms with Gasteiger partial charge in [-0.05, 0) is 48.7 Å². The molecule has 0 aliphatic carbocycles. The Morgan fingerprint density at radius 3 is 2.82 bits per heavy atom. The minimum atomic E-state index is 0.741. The van der Waals surface area contributed by atoms with Crippen LogP contribution in [0.3, 0.4) is 0 Å².